The summed E-state index contributed by atoms with van der Waals surface area (Å²) in [6.45, 7) is 2.22. The van der Waals surface area contributed by atoms with E-state index in [4.69, 9.17) is 0 Å². The molecule has 1 aliphatic carbocycles. The smallest absolute Gasteiger partial charge is 0.274 e. The Morgan fingerprint density at radius 3 is 2.54 bits per heavy atom. The van der Waals surface area contributed by atoms with E-state index in [0.717, 1.165) is 37.1 Å². The summed E-state index contributed by atoms with van der Waals surface area (Å²) in [7, 11) is 1.86. The Kier molecular flexibility index (Phi) is 5.00. The SMILES string of the molecule is Cc1cc(C(=O)N(C)C2CCC(CO)CC2)nn1-c1ccccc1. The van der Waals surface area contributed by atoms with E-state index in [1.54, 1.807) is 0 Å². The zero-order chi connectivity index (χ0) is 17.1. The minimum absolute atomic E-state index is 0.0276. The average molecular weight is 327 g/mol. The van der Waals surface area contributed by atoms with Crippen LogP contribution in [0.15, 0.2) is 36.4 Å². The highest BCUT2D eigenvalue weighted by Crippen LogP contribution is 2.27. The minimum atomic E-state index is -0.0276. The minimum Gasteiger partial charge on any atom is -0.396 e. The highest BCUT2D eigenvalue weighted by Gasteiger charge is 2.28. The normalized spacial score (nSPS) is 20.8. The number of hydrogen-bond acceptors (Lipinski definition) is 3. The van der Waals surface area contributed by atoms with Crippen LogP contribution >= 0.6 is 0 Å². The quantitative estimate of drug-likeness (QED) is 0.939. The first kappa shape index (κ1) is 16.7. The monoisotopic (exact) mass is 327 g/mol. The molecule has 5 heteroatoms. The van der Waals surface area contributed by atoms with E-state index in [-0.39, 0.29) is 18.6 Å². The summed E-state index contributed by atoms with van der Waals surface area (Å²) in [4.78, 5) is 14.6. The molecule has 2 aromatic rings. The number of rotatable bonds is 4. The Bertz CT molecular complexity index is 688. The highest BCUT2D eigenvalue weighted by atomic mass is 16.3. The number of nitrogens with zero attached hydrogens (tertiary/aromatic N) is 3. The predicted octanol–water partition coefficient (Wildman–Crippen LogP) is 2.80. The zero-order valence-corrected chi connectivity index (χ0v) is 14.4. The number of hydrogen-bond donors (Lipinski definition) is 1. The van der Waals surface area contributed by atoms with Crippen molar-refractivity contribution in [1.29, 1.82) is 0 Å². The maximum atomic E-state index is 12.8. The van der Waals surface area contributed by atoms with Crippen LogP contribution in [-0.2, 0) is 0 Å². The van der Waals surface area contributed by atoms with Crippen LogP contribution < -0.4 is 0 Å². The molecule has 3 rings (SSSR count). The second kappa shape index (κ2) is 7.18. The van der Waals surface area contributed by atoms with Gasteiger partial charge in [-0.1, -0.05) is 18.2 Å². The van der Waals surface area contributed by atoms with Crippen LogP contribution in [0, 0.1) is 12.8 Å². The van der Waals surface area contributed by atoms with E-state index in [1.807, 2.05) is 60.0 Å². The Hall–Kier alpha value is -2.14. The Labute approximate surface area is 142 Å². The first-order chi connectivity index (χ1) is 11.6. The van der Waals surface area contributed by atoms with E-state index < -0.39 is 0 Å². The van der Waals surface area contributed by atoms with Gasteiger partial charge in [-0.3, -0.25) is 4.79 Å². The van der Waals surface area contributed by atoms with Crippen molar-refractivity contribution in [2.75, 3.05) is 13.7 Å². The highest BCUT2D eigenvalue weighted by molar-refractivity contribution is 5.92. The van der Waals surface area contributed by atoms with Gasteiger partial charge in [0.15, 0.2) is 5.69 Å². The topological polar surface area (TPSA) is 58.4 Å². The maximum absolute atomic E-state index is 12.8. The third-order valence-electron chi connectivity index (χ3n) is 5.05. The van der Waals surface area contributed by atoms with Gasteiger partial charge in [-0.25, -0.2) is 4.68 Å². The summed E-state index contributed by atoms with van der Waals surface area (Å²) in [5.74, 6) is 0.365. The van der Waals surface area contributed by atoms with Crippen molar-refractivity contribution >= 4 is 5.91 Å². The van der Waals surface area contributed by atoms with Crippen LogP contribution in [0.2, 0.25) is 0 Å². The van der Waals surface area contributed by atoms with Gasteiger partial charge in [0.05, 0.1) is 5.69 Å². The molecule has 0 unspecified atom stereocenters. The first-order valence-corrected chi connectivity index (χ1v) is 8.60. The summed E-state index contributed by atoms with van der Waals surface area (Å²) in [5, 5.41) is 13.8. The second-order valence-corrected chi connectivity index (χ2v) is 6.69. The number of aliphatic hydroxyl groups excluding tert-OH is 1. The number of aromatic nitrogens is 2. The molecular formula is C19H25N3O2. The lowest BCUT2D eigenvalue weighted by Gasteiger charge is -2.33. The van der Waals surface area contributed by atoms with Gasteiger partial charge in [0.1, 0.15) is 0 Å². The molecule has 1 heterocycles. The first-order valence-electron chi connectivity index (χ1n) is 8.60. The van der Waals surface area contributed by atoms with E-state index >= 15 is 0 Å². The van der Waals surface area contributed by atoms with Crippen LogP contribution in [0.3, 0.4) is 0 Å². The fourth-order valence-electron chi connectivity index (χ4n) is 3.47. The summed E-state index contributed by atoms with van der Waals surface area (Å²) in [6, 6.07) is 11.9. The van der Waals surface area contributed by atoms with E-state index in [2.05, 4.69) is 5.10 Å². The number of carbonyl (C=O) groups excluding carboxylic acids is 1. The van der Waals surface area contributed by atoms with Gasteiger partial charge in [0, 0.05) is 25.4 Å². The molecule has 128 valence electrons. The number of aliphatic hydroxyl groups is 1. The van der Waals surface area contributed by atoms with E-state index in [9.17, 15) is 9.90 Å². The van der Waals surface area contributed by atoms with Gasteiger partial charge < -0.3 is 10.0 Å². The van der Waals surface area contributed by atoms with Gasteiger partial charge in [-0.05, 0) is 56.7 Å². The van der Waals surface area contributed by atoms with Crippen LogP contribution in [-0.4, -0.2) is 45.4 Å². The van der Waals surface area contributed by atoms with Gasteiger partial charge >= 0.3 is 0 Å². The summed E-state index contributed by atoms with van der Waals surface area (Å²) >= 11 is 0. The van der Waals surface area contributed by atoms with Crippen molar-refractivity contribution in [2.24, 2.45) is 5.92 Å². The van der Waals surface area contributed by atoms with Crippen molar-refractivity contribution in [1.82, 2.24) is 14.7 Å². The molecule has 0 spiro atoms. The number of para-hydroxylation sites is 1. The summed E-state index contributed by atoms with van der Waals surface area (Å²) in [5.41, 5.74) is 2.39. The molecule has 24 heavy (non-hydrogen) atoms. The molecule has 1 saturated carbocycles. The third kappa shape index (κ3) is 3.36. The zero-order valence-electron chi connectivity index (χ0n) is 14.4. The molecule has 5 nitrogen and oxygen atoms in total. The molecule has 1 amide bonds. The molecule has 0 atom stereocenters. The van der Waals surface area contributed by atoms with Crippen LogP contribution in [0.25, 0.3) is 5.69 Å². The Balaban J connectivity index is 1.74. The molecular weight excluding hydrogens is 302 g/mol. The fraction of sp³-hybridized carbons (Fsp3) is 0.474. The molecule has 0 aliphatic heterocycles. The van der Waals surface area contributed by atoms with Crippen molar-refractivity contribution < 1.29 is 9.90 Å². The van der Waals surface area contributed by atoms with Crippen molar-refractivity contribution in [3.8, 4) is 5.69 Å². The molecule has 1 aliphatic rings. The summed E-state index contributed by atoms with van der Waals surface area (Å²) in [6.07, 6.45) is 3.87. The molecule has 0 radical (unpaired) electrons. The fourth-order valence-corrected chi connectivity index (χ4v) is 3.47. The lowest BCUT2D eigenvalue weighted by atomic mass is 9.86. The third-order valence-corrected chi connectivity index (χ3v) is 5.05. The summed E-state index contributed by atoms with van der Waals surface area (Å²) < 4.78 is 1.81. The van der Waals surface area contributed by atoms with Gasteiger partial charge in [-0.2, -0.15) is 5.10 Å². The molecule has 1 aromatic carbocycles. The van der Waals surface area contributed by atoms with Crippen LogP contribution in [0.5, 0.6) is 0 Å². The molecule has 1 fully saturated rings. The lowest BCUT2D eigenvalue weighted by molar-refractivity contribution is 0.0646. The number of carbonyl (C=O) groups is 1. The predicted molar refractivity (Wildman–Crippen MR) is 93.2 cm³/mol. The van der Waals surface area contributed by atoms with Crippen LogP contribution in [0.4, 0.5) is 0 Å². The second-order valence-electron chi connectivity index (χ2n) is 6.69. The van der Waals surface area contributed by atoms with Gasteiger partial charge in [0.25, 0.3) is 5.91 Å². The van der Waals surface area contributed by atoms with Gasteiger partial charge in [0.2, 0.25) is 0 Å². The molecule has 0 saturated heterocycles. The Morgan fingerprint density at radius 1 is 1.25 bits per heavy atom. The van der Waals surface area contributed by atoms with Crippen molar-refractivity contribution in [2.45, 2.75) is 38.6 Å². The van der Waals surface area contributed by atoms with Crippen molar-refractivity contribution in [3.63, 3.8) is 0 Å². The largest absolute Gasteiger partial charge is 0.396 e. The molecule has 1 N–H and O–H groups in total. The van der Waals surface area contributed by atoms with Gasteiger partial charge in [-0.15, -0.1) is 0 Å². The maximum Gasteiger partial charge on any atom is 0.274 e. The van der Waals surface area contributed by atoms with Crippen molar-refractivity contribution in [3.05, 3.63) is 47.8 Å². The Morgan fingerprint density at radius 2 is 1.92 bits per heavy atom. The average Bonchev–Trinajstić information content (AvgIpc) is 3.03. The molecule has 1 aromatic heterocycles. The lowest BCUT2D eigenvalue weighted by Crippen LogP contribution is -2.40. The van der Waals surface area contributed by atoms with E-state index in [1.165, 1.54) is 0 Å². The van der Waals surface area contributed by atoms with Crippen LogP contribution in [0.1, 0.15) is 41.9 Å². The molecule has 0 bridgehead atoms. The standard InChI is InChI=1S/C19H25N3O2/c1-14-12-18(20-22(14)17-6-4-3-5-7-17)19(24)21(2)16-10-8-15(13-23)9-11-16/h3-7,12,15-16,23H,8-11,13H2,1-2H3. The number of benzene rings is 1. The van der Waals surface area contributed by atoms with E-state index in [0.29, 0.717) is 11.6 Å². The number of amides is 1. The number of aryl methyl sites for hydroxylation is 1.